The van der Waals surface area contributed by atoms with Gasteiger partial charge in [-0.1, -0.05) is 23.2 Å². The van der Waals surface area contributed by atoms with Crippen LogP contribution in [0.5, 0.6) is 0 Å². The minimum absolute atomic E-state index is 0.0737. The Morgan fingerprint density at radius 1 is 1.07 bits per heavy atom. The number of hydrogen-bond acceptors (Lipinski definition) is 3. The predicted molar refractivity (Wildman–Crippen MR) is 107 cm³/mol. The fourth-order valence-corrected chi connectivity index (χ4v) is 3.31. The molecule has 6 nitrogen and oxygen atoms in total. The molecule has 4 rings (SSSR count). The fraction of sp³-hybridized carbons (Fsp3) is 0.105. The average molecular weight is 454 g/mol. The molecule has 30 heavy (non-hydrogen) atoms. The number of aryl methyl sites for hydroxylation is 1. The molecular weight excluding hydrogens is 442 g/mol. The molecule has 1 amide bonds. The summed E-state index contributed by atoms with van der Waals surface area (Å²) < 4.78 is 43.6. The maximum Gasteiger partial charge on any atom is 0.434 e. The Hall–Kier alpha value is -3.04. The van der Waals surface area contributed by atoms with Crippen LogP contribution in [0, 0.1) is 0 Å². The van der Waals surface area contributed by atoms with Crippen molar-refractivity contribution < 1.29 is 18.0 Å². The first-order chi connectivity index (χ1) is 14.1. The normalized spacial score (nSPS) is 11.8. The minimum atomic E-state index is -4.83. The maximum atomic E-state index is 13.8. The van der Waals surface area contributed by atoms with Gasteiger partial charge in [-0.2, -0.15) is 18.3 Å². The molecule has 0 saturated carbocycles. The van der Waals surface area contributed by atoms with E-state index in [0.29, 0.717) is 25.8 Å². The monoisotopic (exact) mass is 453 g/mol. The molecule has 154 valence electrons. The van der Waals surface area contributed by atoms with E-state index in [-0.39, 0.29) is 11.6 Å². The minimum Gasteiger partial charge on any atom is -0.313 e. The molecule has 0 fully saturated rings. The van der Waals surface area contributed by atoms with E-state index in [1.165, 1.54) is 24.3 Å². The van der Waals surface area contributed by atoms with Gasteiger partial charge in [0.15, 0.2) is 5.69 Å². The lowest BCUT2D eigenvalue weighted by Crippen LogP contribution is -2.21. The molecular formula is C19H12Cl2F3N5O. The van der Waals surface area contributed by atoms with Gasteiger partial charge >= 0.3 is 6.18 Å². The third-order valence-electron chi connectivity index (χ3n) is 4.42. The summed E-state index contributed by atoms with van der Waals surface area (Å²) in [6, 6.07) is 10.6. The molecule has 4 aromatic rings. The molecule has 2 aromatic carbocycles. The number of benzene rings is 2. The quantitative estimate of drug-likeness (QED) is 0.455. The SMILES string of the molecule is Cn1c(NC(=O)c2cnn(-c3ccc(Cl)cc3)c2C(F)(F)F)nc2cc(Cl)ccc21. The van der Waals surface area contributed by atoms with Crippen LogP contribution in [0.3, 0.4) is 0 Å². The van der Waals surface area contributed by atoms with Crippen LogP contribution in [-0.2, 0) is 13.2 Å². The Labute approximate surface area is 177 Å². The highest BCUT2D eigenvalue weighted by Crippen LogP contribution is 2.34. The van der Waals surface area contributed by atoms with Gasteiger partial charge in [0.2, 0.25) is 5.95 Å². The number of imidazole rings is 1. The third-order valence-corrected chi connectivity index (χ3v) is 4.91. The van der Waals surface area contributed by atoms with Gasteiger partial charge in [0.1, 0.15) is 0 Å². The van der Waals surface area contributed by atoms with Crippen LogP contribution >= 0.6 is 23.2 Å². The number of rotatable bonds is 3. The first-order valence-electron chi connectivity index (χ1n) is 8.49. The Balaban J connectivity index is 1.74. The van der Waals surface area contributed by atoms with Crippen molar-refractivity contribution in [1.82, 2.24) is 19.3 Å². The molecule has 0 bridgehead atoms. The third kappa shape index (κ3) is 3.61. The number of carbonyl (C=O) groups is 1. The smallest absolute Gasteiger partial charge is 0.313 e. The van der Waals surface area contributed by atoms with Crippen LogP contribution < -0.4 is 5.32 Å². The van der Waals surface area contributed by atoms with Crippen molar-refractivity contribution in [3.8, 4) is 5.69 Å². The highest BCUT2D eigenvalue weighted by Gasteiger charge is 2.40. The second-order valence-corrected chi connectivity index (χ2v) is 7.25. The summed E-state index contributed by atoms with van der Waals surface area (Å²) in [5.41, 5.74) is -0.578. The van der Waals surface area contributed by atoms with Crippen molar-refractivity contribution in [3.05, 3.63) is 70.0 Å². The molecule has 0 aliphatic carbocycles. The zero-order valence-electron chi connectivity index (χ0n) is 15.2. The van der Waals surface area contributed by atoms with E-state index in [4.69, 9.17) is 23.2 Å². The Morgan fingerprint density at radius 3 is 2.40 bits per heavy atom. The van der Waals surface area contributed by atoms with Crippen molar-refractivity contribution in [2.24, 2.45) is 7.05 Å². The van der Waals surface area contributed by atoms with Crippen LogP contribution in [0.2, 0.25) is 10.0 Å². The van der Waals surface area contributed by atoms with Crippen LogP contribution in [0.4, 0.5) is 19.1 Å². The summed E-state index contributed by atoms with van der Waals surface area (Å²) in [6.45, 7) is 0. The van der Waals surface area contributed by atoms with Crippen molar-refractivity contribution in [2.45, 2.75) is 6.18 Å². The number of alkyl halides is 3. The van der Waals surface area contributed by atoms with Crippen LogP contribution in [0.15, 0.2) is 48.7 Å². The Kier molecular flexibility index (Phi) is 4.95. The molecule has 0 radical (unpaired) electrons. The number of carbonyl (C=O) groups excluding carboxylic acids is 1. The average Bonchev–Trinajstić information content (AvgIpc) is 3.24. The largest absolute Gasteiger partial charge is 0.434 e. The number of amides is 1. The van der Waals surface area contributed by atoms with Crippen LogP contribution in [0.1, 0.15) is 16.1 Å². The summed E-state index contributed by atoms with van der Waals surface area (Å²) in [7, 11) is 1.63. The molecule has 0 saturated heterocycles. The highest BCUT2D eigenvalue weighted by molar-refractivity contribution is 6.31. The van der Waals surface area contributed by atoms with Gasteiger partial charge in [0.25, 0.3) is 5.91 Å². The summed E-state index contributed by atoms with van der Waals surface area (Å²) in [4.78, 5) is 16.9. The summed E-state index contributed by atoms with van der Waals surface area (Å²) in [5.74, 6) is -0.920. The number of nitrogens with one attached hydrogen (secondary N) is 1. The zero-order chi connectivity index (χ0) is 21.6. The Bertz CT molecular complexity index is 1260. The molecule has 0 atom stereocenters. The van der Waals surface area contributed by atoms with E-state index in [2.05, 4.69) is 15.4 Å². The number of nitrogens with zero attached hydrogens (tertiary/aromatic N) is 4. The van der Waals surface area contributed by atoms with Gasteiger partial charge in [-0.25, -0.2) is 9.67 Å². The molecule has 1 N–H and O–H groups in total. The van der Waals surface area contributed by atoms with E-state index in [1.807, 2.05) is 0 Å². The van der Waals surface area contributed by atoms with Crippen molar-refractivity contribution in [3.63, 3.8) is 0 Å². The fourth-order valence-electron chi connectivity index (χ4n) is 3.02. The number of fused-ring (bicyclic) bond motifs is 1. The number of aromatic nitrogens is 4. The summed E-state index contributed by atoms with van der Waals surface area (Å²) in [6.07, 6.45) is -3.96. The van der Waals surface area contributed by atoms with E-state index in [0.717, 1.165) is 6.20 Å². The van der Waals surface area contributed by atoms with E-state index in [9.17, 15) is 18.0 Å². The summed E-state index contributed by atoms with van der Waals surface area (Å²) in [5, 5.41) is 6.99. The molecule has 0 aliphatic rings. The van der Waals surface area contributed by atoms with Gasteiger partial charge in [-0.3, -0.25) is 10.1 Å². The van der Waals surface area contributed by atoms with Crippen molar-refractivity contribution >= 4 is 46.1 Å². The van der Waals surface area contributed by atoms with Crippen molar-refractivity contribution in [1.29, 1.82) is 0 Å². The first kappa shape index (κ1) is 20.2. The molecule has 2 heterocycles. The molecule has 0 unspecified atom stereocenters. The van der Waals surface area contributed by atoms with Gasteiger partial charge in [-0.15, -0.1) is 0 Å². The Morgan fingerprint density at radius 2 is 1.73 bits per heavy atom. The number of anilines is 1. The zero-order valence-corrected chi connectivity index (χ0v) is 16.7. The molecule has 0 aliphatic heterocycles. The lowest BCUT2D eigenvalue weighted by molar-refractivity contribution is -0.143. The first-order valence-corrected chi connectivity index (χ1v) is 9.25. The lowest BCUT2D eigenvalue weighted by Gasteiger charge is -2.13. The van der Waals surface area contributed by atoms with Gasteiger partial charge in [-0.05, 0) is 42.5 Å². The van der Waals surface area contributed by atoms with Crippen LogP contribution in [-0.4, -0.2) is 25.2 Å². The second-order valence-electron chi connectivity index (χ2n) is 6.37. The molecule has 0 spiro atoms. The maximum absolute atomic E-state index is 13.8. The molecule has 11 heteroatoms. The van der Waals surface area contributed by atoms with Gasteiger partial charge < -0.3 is 4.57 Å². The topological polar surface area (TPSA) is 64.7 Å². The highest BCUT2D eigenvalue weighted by atomic mass is 35.5. The van der Waals surface area contributed by atoms with E-state index >= 15 is 0 Å². The second kappa shape index (κ2) is 7.33. The summed E-state index contributed by atoms with van der Waals surface area (Å²) >= 11 is 11.7. The predicted octanol–water partition coefficient (Wildman–Crippen LogP) is 5.34. The van der Waals surface area contributed by atoms with Crippen LogP contribution in [0.25, 0.3) is 16.7 Å². The number of halogens is 5. The number of hydrogen-bond donors (Lipinski definition) is 1. The van der Waals surface area contributed by atoms with Gasteiger partial charge in [0.05, 0.1) is 28.5 Å². The lowest BCUT2D eigenvalue weighted by atomic mass is 10.2. The molecule has 2 aromatic heterocycles. The standard InChI is InChI=1S/C19H12Cl2F3N5O/c1-28-15-7-4-11(21)8-14(15)26-18(28)27-17(30)13-9-25-29(16(13)19(22,23)24)12-5-2-10(20)3-6-12/h2-9H,1H3,(H,26,27,30). The van der Waals surface area contributed by atoms with E-state index < -0.39 is 23.3 Å². The van der Waals surface area contributed by atoms with Crippen molar-refractivity contribution in [2.75, 3.05) is 5.32 Å². The van der Waals surface area contributed by atoms with E-state index in [1.54, 1.807) is 29.8 Å². The van der Waals surface area contributed by atoms with Gasteiger partial charge in [0, 0.05) is 17.1 Å².